The van der Waals surface area contributed by atoms with Crippen LogP contribution in [0.4, 0.5) is 5.69 Å². The van der Waals surface area contributed by atoms with Gasteiger partial charge in [0.05, 0.1) is 0 Å². The Hall–Kier alpha value is -1.52. The van der Waals surface area contributed by atoms with Crippen LogP contribution in [0.3, 0.4) is 0 Å². The van der Waals surface area contributed by atoms with E-state index in [-0.39, 0.29) is 0 Å². The number of anilines is 1. The van der Waals surface area contributed by atoms with Crippen LogP contribution in [-0.4, -0.2) is 26.9 Å². The standard InChI is InChI=1S/C18H24N2OS/c1-20(2)17-11-7-10-16-15(17)9-8-12-18(16)22-19-13-5-3-4-6-14-21/h7-12,14,19H,3-6,13H2,1-2H3. The largest absolute Gasteiger partial charge is 0.377 e. The molecule has 2 aromatic carbocycles. The topological polar surface area (TPSA) is 32.3 Å². The highest BCUT2D eigenvalue weighted by Crippen LogP contribution is 2.31. The fraction of sp³-hybridized carbons (Fsp3) is 0.389. The van der Waals surface area contributed by atoms with Crippen molar-refractivity contribution < 1.29 is 4.79 Å². The quantitative estimate of drug-likeness (QED) is 0.425. The average Bonchev–Trinajstić information content (AvgIpc) is 2.53. The Labute approximate surface area is 137 Å². The Bertz CT molecular complexity index is 613. The van der Waals surface area contributed by atoms with Gasteiger partial charge in [0.1, 0.15) is 6.29 Å². The van der Waals surface area contributed by atoms with Crippen molar-refractivity contribution in [1.29, 1.82) is 0 Å². The Morgan fingerprint density at radius 1 is 1.05 bits per heavy atom. The number of benzene rings is 2. The molecule has 1 N–H and O–H groups in total. The van der Waals surface area contributed by atoms with E-state index >= 15 is 0 Å². The van der Waals surface area contributed by atoms with Crippen LogP contribution in [0.15, 0.2) is 41.3 Å². The van der Waals surface area contributed by atoms with E-state index in [0.29, 0.717) is 6.42 Å². The maximum absolute atomic E-state index is 10.3. The summed E-state index contributed by atoms with van der Waals surface area (Å²) in [6, 6.07) is 12.9. The number of fused-ring (bicyclic) bond motifs is 1. The summed E-state index contributed by atoms with van der Waals surface area (Å²) in [5, 5.41) is 2.57. The summed E-state index contributed by atoms with van der Waals surface area (Å²) in [6.45, 7) is 0.966. The third kappa shape index (κ3) is 4.49. The molecule has 0 aliphatic rings. The average molecular weight is 316 g/mol. The van der Waals surface area contributed by atoms with E-state index in [4.69, 9.17) is 0 Å². The molecule has 0 fully saturated rings. The van der Waals surface area contributed by atoms with Gasteiger partial charge in [0, 0.05) is 43.0 Å². The predicted molar refractivity (Wildman–Crippen MR) is 96.7 cm³/mol. The number of hydrogen-bond acceptors (Lipinski definition) is 4. The number of carbonyl (C=O) groups is 1. The normalized spacial score (nSPS) is 10.8. The molecule has 0 aliphatic carbocycles. The van der Waals surface area contributed by atoms with Crippen molar-refractivity contribution in [1.82, 2.24) is 4.72 Å². The molecular weight excluding hydrogens is 292 g/mol. The molecule has 0 aromatic heterocycles. The van der Waals surface area contributed by atoms with E-state index < -0.39 is 0 Å². The van der Waals surface area contributed by atoms with Crippen molar-refractivity contribution in [2.24, 2.45) is 0 Å². The molecule has 0 saturated carbocycles. The first-order chi connectivity index (χ1) is 10.7. The zero-order valence-corrected chi connectivity index (χ0v) is 14.2. The highest BCUT2D eigenvalue weighted by molar-refractivity contribution is 7.97. The number of nitrogens with one attached hydrogen (secondary N) is 1. The summed E-state index contributed by atoms with van der Waals surface area (Å²) in [4.78, 5) is 13.7. The fourth-order valence-corrected chi connectivity index (χ4v) is 3.31. The molecule has 0 heterocycles. The monoisotopic (exact) mass is 316 g/mol. The molecule has 3 nitrogen and oxygen atoms in total. The lowest BCUT2D eigenvalue weighted by Crippen LogP contribution is -2.09. The minimum atomic E-state index is 0.684. The lowest BCUT2D eigenvalue weighted by atomic mass is 10.1. The molecular formula is C18H24N2OS. The van der Waals surface area contributed by atoms with Crippen LogP contribution >= 0.6 is 11.9 Å². The van der Waals surface area contributed by atoms with E-state index in [1.54, 1.807) is 11.9 Å². The second-order valence-electron chi connectivity index (χ2n) is 5.54. The second kappa shape index (κ2) is 8.81. The van der Waals surface area contributed by atoms with Gasteiger partial charge in [-0.05, 0) is 42.3 Å². The Morgan fingerprint density at radius 2 is 1.82 bits per heavy atom. The van der Waals surface area contributed by atoms with Gasteiger partial charge in [0.25, 0.3) is 0 Å². The first-order valence-electron chi connectivity index (χ1n) is 7.76. The molecule has 2 aromatic rings. The number of hydrogen-bond donors (Lipinski definition) is 1. The number of unbranched alkanes of at least 4 members (excludes halogenated alkanes) is 3. The summed E-state index contributed by atoms with van der Waals surface area (Å²) in [5.74, 6) is 0. The molecule has 22 heavy (non-hydrogen) atoms. The van der Waals surface area contributed by atoms with Crippen LogP contribution in [0.5, 0.6) is 0 Å². The highest BCUT2D eigenvalue weighted by atomic mass is 32.2. The maximum atomic E-state index is 10.3. The van der Waals surface area contributed by atoms with Gasteiger partial charge in [-0.15, -0.1) is 0 Å². The van der Waals surface area contributed by atoms with Crippen molar-refractivity contribution in [3.8, 4) is 0 Å². The lowest BCUT2D eigenvalue weighted by molar-refractivity contribution is -0.107. The van der Waals surface area contributed by atoms with E-state index in [0.717, 1.165) is 32.1 Å². The molecule has 0 amide bonds. The molecule has 0 bridgehead atoms. The van der Waals surface area contributed by atoms with Gasteiger partial charge in [-0.25, -0.2) is 0 Å². The third-order valence-electron chi connectivity index (χ3n) is 3.62. The first kappa shape index (κ1) is 16.8. The van der Waals surface area contributed by atoms with Gasteiger partial charge in [0.15, 0.2) is 0 Å². The molecule has 0 radical (unpaired) electrons. The molecule has 2 rings (SSSR count). The Kier molecular flexibility index (Phi) is 6.74. The van der Waals surface area contributed by atoms with Crippen LogP contribution in [0, 0.1) is 0 Å². The van der Waals surface area contributed by atoms with Gasteiger partial charge in [-0.1, -0.05) is 30.7 Å². The summed E-state index contributed by atoms with van der Waals surface area (Å²) in [6.07, 6.45) is 4.89. The van der Waals surface area contributed by atoms with Crippen LogP contribution in [0.2, 0.25) is 0 Å². The van der Waals surface area contributed by atoms with Crippen molar-refractivity contribution >= 4 is 34.7 Å². The maximum Gasteiger partial charge on any atom is 0.119 e. The predicted octanol–water partition coefficient (Wildman–Crippen LogP) is 4.26. The molecule has 0 unspecified atom stereocenters. The summed E-state index contributed by atoms with van der Waals surface area (Å²) >= 11 is 1.70. The minimum Gasteiger partial charge on any atom is -0.377 e. The van der Waals surface area contributed by atoms with Gasteiger partial charge < -0.3 is 9.69 Å². The number of rotatable bonds is 9. The van der Waals surface area contributed by atoms with E-state index in [2.05, 4.69) is 60.1 Å². The number of nitrogens with zero attached hydrogens (tertiary/aromatic N) is 1. The van der Waals surface area contributed by atoms with Crippen LogP contribution in [0.25, 0.3) is 10.8 Å². The molecule has 118 valence electrons. The first-order valence-corrected chi connectivity index (χ1v) is 8.58. The fourth-order valence-electron chi connectivity index (χ4n) is 2.47. The molecule has 4 heteroatoms. The summed E-state index contributed by atoms with van der Waals surface area (Å²) in [5.41, 5.74) is 1.24. The third-order valence-corrected chi connectivity index (χ3v) is 4.55. The van der Waals surface area contributed by atoms with Crippen molar-refractivity contribution in [3.05, 3.63) is 36.4 Å². The van der Waals surface area contributed by atoms with Crippen molar-refractivity contribution in [2.45, 2.75) is 30.6 Å². The zero-order valence-electron chi connectivity index (χ0n) is 13.3. The number of aldehydes is 1. The Morgan fingerprint density at radius 3 is 2.59 bits per heavy atom. The molecule has 0 saturated heterocycles. The van der Waals surface area contributed by atoms with Crippen LogP contribution in [-0.2, 0) is 4.79 Å². The van der Waals surface area contributed by atoms with Gasteiger partial charge >= 0.3 is 0 Å². The van der Waals surface area contributed by atoms with Gasteiger partial charge in [0.2, 0.25) is 0 Å². The van der Waals surface area contributed by atoms with Gasteiger partial charge in [-0.2, -0.15) is 0 Å². The molecule has 0 atom stereocenters. The van der Waals surface area contributed by atoms with Gasteiger partial charge in [-0.3, -0.25) is 4.72 Å². The van der Waals surface area contributed by atoms with Crippen molar-refractivity contribution in [2.75, 3.05) is 25.5 Å². The van der Waals surface area contributed by atoms with E-state index in [1.807, 2.05) is 0 Å². The zero-order chi connectivity index (χ0) is 15.8. The van der Waals surface area contributed by atoms with E-state index in [9.17, 15) is 4.79 Å². The smallest absolute Gasteiger partial charge is 0.119 e. The minimum absolute atomic E-state index is 0.684. The molecule has 0 spiro atoms. The highest BCUT2D eigenvalue weighted by Gasteiger charge is 2.06. The number of carbonyl (C=O) groups excluding carboxylic acids is 1. The SMILES string of the molecule is CN(C)c1cccc2c(SNCCCCCC=O)cccc12. The van der Waals surface area contributed by atoms with Crippen molar-refractivity contribution in [3.63, 3.8) is 0 Å². The lowest BCUT2D eigenvalue weighted by Gasteiger charge is -2.16. The summed E-state index contributed by atoms with van der Waals surface area (Å²) < 4.78 is 3.43. The van der Waals surface area contributed by atoms with E-state index in [1.165, 1.54) is 21.4 Å². The van der Waals surface area contributed by atoms with Crippen LogP contribution in [0.1, 0.15) is 25.7 Å². The molecule has 0 aliphatic heterocycles. The Balaban J connectivity index is 1.97. The summed E-state index contributed by atoms with van der Waals surface area (Å²) in [7, 11) is 4.15. The van der Waals surface area contributed by atoms with Crippen LogP contribution < -0.4 is 9.62 Å². The second-order valence-corrected chi connectivity index (χ2v) is 6.47.